The van der Waals surface area contributed by atoms with Crippen molar-refractivity contribution in [2.24, 2.45) is 0 Å². The highest BCUT2D eigenvalue weighted by Crippen LogP contribution is 2.34. The Morgan fingerprint density at radius 2 is 1.79 bits per heavy atom. The molecule has 3 N–H and O–H groups in total. The van der Waals surface area contributed by atoms with E-state index in [0.29, 0.717) is 61.0 Å². The van der Waals surface area contributed by atoms with E-state index >= 15 is 0 Å². The van der Waals surface area contributed by atoms with E-state index in [-0.39, 0.29) is 6.03 Å². The predicted molar refractivity (Wildman–Crippen MR) is 107 cm³/mol. The van der Waals surface area contributed by atoms with E-state index in [1.807, 2.05) is 4.90 Å². The molecule has 0 bridgehead atoms. The van der Waals surface area contributed by atoms with E-state index in [4.69, 9.17) is 15.2 Å². The first-order valence-electron chi connectivity index (χ1n) is 9.58. The van der Waals surface area contributed by atoms with E-state index in [0.717, 1.165) is 18.2 Å². The molecule has 1 aliphatic carbocycles. The van der Waals surface area contributed by atoms with Crippen LogP contribution in [-0.4, -0.2) is 67.3 Å². The Balaban J connectivity index is 1.49. The van der Waals surface area contributed by atoms with Crippen LogP contribution >= 0.6 is 0 Å². The Hall–Kier alpha value is -2.97. The lowest BCUT2D eigenvalue weighted by atomic mass is 9.93. The van der Waals surface area contributed by atoms with Crippen LogP contribution in [-0.2, 0) is 0 Å². The number of aromatic nitrogens is 2. The molecule has 0 unspecified atom stereocenters. The van der Waals surface area contributed by atoms with E-state index in [1.165, 1.54) is 6.42 Å². The summed E-state index contributed by atoms with van der Waals surface area (Å²) in [6, 6.07) is 3.97. The number of carbonyl (C=O) groups excluding carboxylic acids is 1. The number of nitrogens with one attached hydrogen (secondary N) is 1. The molecule has 0 atom stereocenters. The maximum atomic E-state index is 12.3. The Morgan fingerprint density at radius 1 is 1.11 bits per heavy atom. The fourth-order valence-corrected chi connectivity index (χ4v) is 3.54. The summed E-state index contributed by atoms with van der Waals surface area (Å²) in [4.78, 5) is 25.4. The summed E-state index contributed by atoms with van der Waals surface area (Å²) in [5.41, 5.74) is 6.88. The first kappa shape index (κ1) is 18.4. The molecule has 0 spiro atoms. The molecule has 9 nitrogen and oxygen atoms in total. The van der Waals surface area contributed by atoms with Crippen LogP contribution in [0.25, 0.3) is 10.9 Å². The highest BCUT2D eigenvalue weighted by atomic mass is 16.5. The summed E-state index contributed by atoms with van der Waals surface area (Å²) in [7, 11) is 3.17. The Labute approximate surface area is 163 Å². The molecule has 1 aromatic carbocycles. The minimum absolute atomic E-state index is 0.0279. The number of fused-ring (bicyclic) bond motifs is 1. The molecule has 2 heterocycles. The summed E-state index contributed by atoms with van der Waals surface area (Å²) >= 11 is 0. The van der Waals surface area contributed by atoms with Gasteiger partial charge in [-0.15, -0.1) is 0 Å². The van der Waals surface area contributed by atoms with Crippen molar-refractivity contribution < 1.29 is 14.3 Å². The monoisotopic (exact) mass is 386 g/mol. The number of anilines is 2. The van der Waals surface area contributed by atoms with Gasteiger partial charge in [-0.2, -0.15) is 4.98 Å². The van der Waals surface area contributed by atoms with Crippen LogP contribution in [0.15, 0.2) is 12.1 Å². The molecule has 1 saturated heterocycles. The third-order valence-corrected chi connectivity index (χ3v) is 5.50. The summed E-state index contributed by atoms with van der Waals surface area (Å²) in [5.74, 6) is 2.14. The van der Waals surface area contributed by atoms with Crippen molar-refractivity contribution in [1.29, 1.82) is 0 Å². The smallest absolute Gasteiger partial charge is 0.317 e. The van der Waals surface area contributed by atoms with Gasteiger partial charge in [0, 0.05) is 43.7 Å². The van der Waals surface area contributed by atoms with Gasteiger partial charge in [0.05, 0.1) is 19.7 Å². The molecule has 2 aromatic rings. The third kappa shape index (κ3) is 3.44. The van der Waals surface area contributed by atoms with Gasteiger partial charge in [0.15, 0.2) is 11.5 Å². The highest BCUT2D eigenvalue weighted by Gasteiger charge is 2.26. The number of methoxy groups -OCH3 is 2. The predicted octanol–water partition coefficient (Wildman–Crippen LogP) is 1.61. The second kappa shape index (κ2) is 7.57. The van der Waals surface area contributed by atoms with E-state index in [1.54, 1.807) is 26.4 Å². The van der Waals surface area contributed by atoms with Gasteiger partial charge in [0.25, 0.3) is 0 Å². The molecule has 1 aliphatic heterocycles. The zero-order chi connectivity index (χ0) is 19.7. The van der Waals surface area contributed by atoms with Gasteiger partial charge in [-0.25, -0.2) is 9.78 Å². The van der Waals surface area contributed by atoms with Crippen LogP contribution in [0.1, 0.15) is 19.3 Å². The van der Waals surface area contributed by atoms with Crippen molar-refractivity contribution in [1.82, 2.24) is 20.2 Å². The van der Waals surface area contributed by atoms with Crippen LogP contribution in [0.5, 0.6) is 11.5 Å². The lowest BCUT2D eigenvalue weighted by Gasteiger charge is -2.36. The molecule has 28 heavy (non-hydrogen) atoms. The number of piperazine rings is 1. The molecule has 2 fully saturated rings. The molecular formula is C19H26N6O3. The second-order valence-corrected chi connectivity index (χ2v) is 7.18. The minimum atomic E-state index is 0.0279. The van der Waals surface area contributed by atoms with Crippen LogP contribution in [0.4, 0.5) is 16.6 Å². The minimum Gasteiger partial charge on any atom is -0.493 e. The second-order valence-electron chi connectivity index (χ2n) is 7.18. The summed E-state index contributed by atoms with van der Waals surface area (Å²) < 4.78 is 10.7. The number of ether oxygens (including phenoxy) is 2. The molecule has 0 radical (unpaired) electrons. The van der Waals surface area contributed by atoms with E-state index < -0.39 is 0 Å². The molecular weight excluding hydrogens is 360 g/mol. The number of carbonyl (C=O) groups is 1. The number of urea groups is 1. The standard InChI is InChI=1S/C19H26N6O3/c1-27-15-10-13-14(11-16(15)28-2)22-18(23-17(13)20)24-6-8-25(9-7-24)19(26)21-12-4-3-5-12/h10-12H,3-9H2,1-2H3,(H,21,26)(H2,20,22,23). The Kier molecular flexibility index (Phi) is 4.97. The van der Waals surface area contributed by atoms with Crippen molar-refractivity contribution >= 4 is 28.7 Å². The van der Waals surface area contributed by atoms with Crippen LogP contribution in [0.2, 0.25) is 0 Å². The number of nitrogens with two attached hydrogens (primary N) is 1. The first-order chi connectivity index (χ1) is 13.6. The molecule has 2 aliphatic rings. The fraction of sp³-hybridized carbons (Fsp3) is 0.526. The summed E-state index contributed by atoms with van der Waals surface area (Å²) in [6.45, 7) is 2.59. The van der Waals surface area contributed by atoms with Crippen molar-refractivity contribution in [3.05, 3.63) is 12.1 Å². The molecule has 1 aromatic heterocycles. The molecule has 9 heteroatoms. The summed E-state index contributed by atoms with van der Waals surface area (Å²) in [5, 5.41) is 3.81. The first-order valence-corrected chi connectivity index (χ1v) is 9.58. The zero-order valence-electron chi connectivity index (χ0n) is 16.3. The fourth-order valence-electron chi connectivity index (χ4n) is 3.54. The largest absolute Gasteiger partial charge is 0.493 e. The third-order valence-electron chi connectivity index (χ3n) is 5.50. The number of hydrogen-bond donors (Lipinski definition) is 2. The van der Waals surface area contributed by atoms with Gasteiger partial charge >= 0.3 is 6.03 Å². The van der Waals surface area contributed by atoms with Crippen LogP contribution < -0.4 is 25.4 Å². The number of hydrogen-bond acceptors (Lipinski definition) is 7. The summed E-state index contributed by atoms with van der Waals surface area (Å²) in [6.07, 6.45) is 3.38. The van der Waals surface area contributed by atoms with Crippen molar-refractivity contribution in [2.75, 3.05) is 51.0 Å². The average Bonchev–Trinajstić information content (AvgIpc) is 2.69. The van der Waals surface area contributed by atoms with Gasteiger partial charge in [0.1, 0.15) is 5.82 Å². The number of benzene rings is 1. The quantitative estimate of drug-likeness (QED) is 0.822. The highest BCUT2D eigenvalue weighted by molar-refractivity contribution is 5.91. The maximum absolute atomic E-state index is 12.3. The zero-order valence-corrected chi connectivity index (χ0v) is 16.3. The number of nitrogens with zero attached hydrogens (tertiary/aromatic N) is 4. The maximum Gasteiger partial charge on any atom is 0.317 e. The number of amides is 2. The number of nitrogen functional groups attached to an aromatic ring is 1. The Bertz CT molecular complexity index is 878. The van der Waals surface area contributed by atoms with Crippen molar-refractivity contribution in [3.8, 4) is 11.5 Å². The molecule has 1 saturated carbocycles. The topological polar surface area (TPSA) is 106 Å². The average molecular weight is 386 g/mol. The van der Waals surface area contributed by atoms with Gasteiger partial charge < -0.3 is 30.3 Å². The normalized spacial score (nSPS) is 17.4. The van der Waals surface area contributed by atoms with Crippen LogP contribution in [0, 0.1) is 0 Å². The lowest BCUT2D eigenvalue weighted by molar-refractivity contribution is 0.183. The Morgan fingerprint density at radius 3 is 2.39 bits per heavy atom. The van der Waals surface area contributed by atoms with E-state index in [9.17, 15) is 4.79 Å². The number of rotatable bonds is 4. The van der Waals surface area contributed by atoms with Crippen molar-refractivity contribution in [2.45, 2.75) is 25.3 Å². The van der Waals surface area contributed by atoms with Gasteiger partial charge in [0.2, 0.25) is 5.95 Å². The lowest BCUT2D eigenvalue weighted by Crippen LogP contribution is -2.54. The van der Waals surface area contributed by atoms with Gasteiger partial charge in [-0.1, -0.05) is 0 Å². The molecule has 4 rings (SSSR count). The van der Waals surface area contributed by atoms with E-state index in [2.05, 4.69) is 20.2 Å². The van der Waals surface area contributed by atoms with Crippen LogP contribution in [0.3, 0.4) is 0 Å². The van der Waals surface area contributed by atoms with Crippen molar-refractivity contribution in [3.63, 3.8) is 0 Å². The SMILES string of the molecule is COc1cc2nc(N3CCN(C(=O)NC4CCC4)CC3)nc(N)c2cc1OC. The molecule has 2 amide bonds. The molecule has 150 valence electrons. The van der Waals surface area contributed by atoms with Gasteiger partial charge in [-0.3, -0.25) is 0 Å². The van der Waals surface area contributed by atoms with Gasteiger partial charge in [-0.05, 0) is 25.3 Å².